The summed E-state index contributed by atoms with van der Waals surface area (Å²) in [5, 5.41) is 9.26. The van der Waals surface area contributed by atoms with Gasteiger partial charge in [0.2, 0.25) is 0 Å². The van der Waals surface area contributed by atoms with Gasteiger partial charge in [-0.1, -0.05) is 32.9 Å². The van der Waals surface area contributed by atoms with Gasteiger partial charge in [0.05, 0.1) is 0 Å². The van der Waals surface area contributed by atoms with Crippen LogP contribution in [0.4, 0.5) is 0 Å². The van der Waals surface area contributed by atoms with E-state index in [0.29, 0.717) is 18.5 Å². The van der Waals surface area contributed by atoms with E-state index >= 15 is 0 Å². The van der Waals surface area contributed by atoms with Gasteiger partial charge >= 0.3 is 5.97 Å². The Balaban J connectivity index is 2.20. The summed E-state index contributed by atoms with van der Waals surface area (Å²) in [6.45, 7) is 6.88. The Labute approximate surface area is 125 Å². The van der Waals surface area contributed by atoms with Crippen LogP contribution in [0.2, 0.25) is 0 Å². The van der Waals surface area contributed by atoms with Crippen LogP contribution in [0.25, 0.3) is 0 Å². The van der Waals surface area contributed by atoms with Crippen molar-refractivity contribution in [2.45, 2.75) is 51.5 Å². The molecule has 4 heteroatoms. The van der Waals surface area contributed by atoms with Crippen molar-refractivity contribution in [1.82, 2.24) is 4.90 Å². The van der Waals surface area contributed by atoms with Crippen LogP contribution < -0.4 is 0 Å². The molecule has 1 aromatic rings. The number of likely N-dealkylation sites (tertiary alicyclic amines) is 1. The van der Waals surface area contributed by atoms with Crippen LogP contribution in [0.3, 0.4) is 0 Å². The summed E-state index contributed by atoms with van der Waals surface area (Å²) in [6, 6.07) is 6.82. The predicted octanol–water partition coefficient (Wildman–Crippen LogP) is 3.06. The number of benzene rings is 1. The fraction of sp³-hybridized carbons (Fsp3) is 0.529. The molecule has 1 saturated heterocycles. The minimum Gasteiger partial charge on any atom is -0.480 e. The second-order valence-electron chi connectivity index (χ2n) is 6.68. The Kier molecular flexibility index (Phi) is 4.35. The van der Waals surface area contributed by atoms with Gasteiger partial charge in [0.25, 0.3) is 5.91 Å². The number of hydrogen-bond acceptors (Lipinski definition) is 2. The van der Waals surface area contributed by atoms with Gasteiger partial charge in [-0.3, -0.25) is 4.79 Å². The highest BCUT2D eigenvalue weighted by Crippen LogP contribution is 2.24. The summed E-state index contributed by atoms with van der Waals surface area (Å²) < 4.78 is 0. The number of aliphatic carboxylic acids is 1. The molecule has 0 saturated carbocycles. The van der Waals surface area contributed by atoms with Gasteiger partial charge in [0, 0.05) is 12.1 Å². The van der Waals surface area contributed by atoms with Crippen molar-refractivity contribution in [3.63, 3.8) is 0 Å². The van der Waals surface area contributed by atoms with Crippen LogP contribution >= 0.6 is 0 Å². The van der Waals surface area contributed by atoms with E-state index in [1.807, 2.05) is 12.1 Å². The number of carbonyl (C=O) groups is 2. The molecule has 114 valence electrons. The molecule has 2 rings (SSSR count). The van der Waals surface area contributed by atoms with Crippen molar-refractivity contribution >= 4 is 11.9 Å². The molecule has 1 atom stereocenters. The Morgan fingerprint density at radius 3 is 2.29 bits per heavy atom. The molecule has 0 spiro atoms. The van der Waals surface area contributed by atoms with E-state index in [1.165, 1.54) is 4.90 Å². The van der Waals surface area contributed by atoms with Crippen LogP contribution in [0, 0.1) is 0 Å². The van der Waals surface area contributed by atoms with E-state index < -0.39 is 12.0 Å². The zero-order valence-electron chi connectivity index (χ0n) is 12.9. The smallest absolute Gasteiger partial charge is 0.326 e. The second kappa shape index (κ2) is 5.88. The number of rotatable bonds is 2. The molecule has 1 fully saturated rings. The van der Waals surface area contributed by atoms with E-state index in [1.54, 1.807) is 12.1 Å². The van der Waals surface area contributed by atoms with Gasteiger partial charge in [-0.2, -0.15) is 0 Å². The first-order valence-electron chi connectivity index (χ1n) is 7.45. The fourth-order valence-electron chi connectivity index (χ4n) is 2.71. The monoisotopic (exact) mass is 289 g/mol. The summed E-state index contributed by atoms with van der Waals surface area (Å²) in [4.78, 5) is 25.3. The van der Waals surface area contributed by atoms with Crippen molar-refractivity contribution in [3.05, 3.63) is 35.4 Å². The molecule has 1 aliphatic rings. The van der Waals surface area contributed by atoms with Crippen LogP contribution in [0.15, 0.2) is 24.3 Å². The van der Waals surface area contributed by atoms with Gasteiger partial charge in [0.15, 0.2) is 0 Å². The van der Waals surface area contributed by atoms with Crippen LogP contribution in [-0.2, 0) is 10.2 Å². The zero-order chi connectivity index (χ0) is 15.6. The molecule has 1 aromatic carbocycles. The minimum atomic E-state index is -0.908. The van der Waals surface area contributed by atoms with Crippen LogP contribution in [0.5, 0.6) is 0 Å². The summed E-state index contributed by atoms with van der Waals surface area (Å²) >= 11 is 0. The van der Waals surface area contributed by atoms with E-state index in [4.69, 9.17) is 0 Å². The molecule has 0 radical (unpaired) electrons. The minimum absolute atomic E-state index is 0.0380. The van der Waals surface area contributed by atoms with Crippen LogP contribution in [0.1, 0.15) is 56.0 Å². The number of carboxylic acids is 1. The van der Waals surface area contributed by atoms with Crippen molar-refractivity contribution in [1.29, 1.82) is 0 Å². The maximum Gasteiger partial charge on any atom is 0.326 e. The number of piperidine rings is 1. The predicted molar refractivity (Wildman–Crippen MR) is 81.5 cm³/mol. The van der Waals surface area contributed by atoms with E-state index in [-0.39, 0.29) is 11.3 Å². The Hall–Kier alpha value is -1.84. The third-order valence-corrected chi connectivity index (χ3v) is 4.05. The van der Waals surface area contributed by atoms with E-state index in [9.17, 15) is 14.7 Å². The number of carbonyl (C=O) groups excluding carboxylic acids is 1. The Morgan fingerprint density at radius 1 is 1.14 bits per heavy atom. The maximum atomic E-state index is 12.5. The standard InChI is InChI=1S/C17H23NO3/c1-17(2,3)13-9-7-12(8-10-13)15(19)18-11-5-4-6-14(18)16(20)21/h7-10,14H,4-6,11H2,1-3H3,(H,20,21)/t14-/m0/s1. The SMILES string of the molecule is CC(C)(C)c1ccc(C(=O)N2CCCC[C@H]2C(=O)O)cc1. The first-order chi connectivity index (χ1) is 9.80. The summed E-state index contributed by atoms with van der Waals surface area (Å²) in [5.74, 6) is -1.09. The lowest BCUT2D eigenvalue weighted by atomic mass is 9.86. The molecular formula is C17H23NO3. The maximum absolute atomic E-state index is 12.5. The molecule has 0 aromatic heterocycles. The molecule has 21 heavy (non-hydrogen) atoms. The van der Waals surface area contributed by atoms with Crippen molar-refractivity contribution in [2.24, 2.45) is 0 Å². The summed E-state index contributed by atoms with van der Waals surface area (Å²) in [6.07, 6.45) is 2.28. The third kappa shape index (κ3) is 3.43. The van der Waals surface area contributed by atoms with Gasteiger partial charge in [-0.25, -0.2) is 4.79 Å². The van der Waals surface area contributed by atoms with E-state index in [2.05, 4.69) is 20.8 Å². The molecule has 1 N–H and O–H groups in total. The summed E-state index contributed by atoms with van der Waals surface area (Å²) in [5.41, 5.74) is 1.76. The quantitative estimate of drug-likeness (QED) is 0.910. The second-order valence-corrected chi connectivity index (χ2v) is 6.68. The third-order valence-electron chi connectivity index (χ3n) is 4.05. The highest BCUT2D eigenvalue weighted by Gasteiger charge is 2.32. The molecule has 0 unspecified atom stereocenters. The topological polar surface area (TPSA) is 57.6 Å². The van der Waals surface area contributed by atoms with Gasteiger partial charge < -0.3 is 10.0 Å². The number of amides is 1. The molecule has 1 amide bonds. The molecule has 1 heterocycles. The van der Waals surface area contributed by atoms with E-state index in [0.717, 1.165) is 18.4 Å². The number of carboxylic acid groups (broad SMARTS) is 1. The highest BCUT2D eigenvalue weighted by molar-refractivity contribution is 5.96. The zero-order valence-corrected chi connectivity index (χ0v) is 12.9. The van der Waals surface area contributed by atoms with Crippen molar-refractivity contribution in [3.8, 4) is 0 Å². The Morgan fingerprint density at radius 2 is 1.76 bits per heavy atom. The van der Waals surface area contributed by atoms with Crippen molar-refractivity contribution in [2.75, 3.05) is 6.54 Å². The lowest BCUT2D eigenvalue weighted by molar-refractivity contribution is -0.143. The average Bonchev–Trinajstić information content (AvgIpc) is 2.45. The Bertz CT molecular complexity index is 528. The summed E-state index contributed by atoms with van der Waals surface area (Å²) in [7, 11) is 0. The fourth-order valence-corrected chi connectivity index (χ4v) is 2.71. The lowest BCUT2D eigenvalue weighted by Gasteiger charge is -2.33. The van der Waals surface area contributed by atoms with Crippen molar-refractivity contribution < 1.29 is 14.7 Å². The molecule has 1 aliphatic heterocycles. The molecule has 0 aliphatic carbocycles. The molecular weight excluding hydrogens is 266 g/mol. The van der Waals surface area contributed by atoms with Gasteiger partial charge in [0.1, 0.15) is 6.04 Å². The highest BCUT2D eigenvalue weighted by atomic mass is 16.4. The molecule has 0 bridgehead atoms. The normalized spacial score (nSPS) is 19.4. The largest absolute Gasteiger partial charge is 0.480 e. The average molecular weight is 289 g/mol. The number of hydrogen-bond donors (Lipinski definition) is 1. The molecule has 4 nitrogen and oxygen atoms in total. The first kappa shape index (κ1) is 15.5. The van der Waals surface area contributed by atoms with Crippen LogP contribution in [-0.4, -0.2) is 34.5 Å². The number of nitrogens with zero attached hydrogens (tertiary/aromatic N) is 1. The lowest BCUT2D eigenvalue weighted by Crippen LogP contribution is -2.47. The first-order valence-corrected chi connectivity index (χ1v) is 7.45. The van der Waals surface area contributed by atoms with Gasteiger partial charge in [-0.15, -0.1) is 0 Å². The van der Waals surface area contributed by atoms with Gasteiger partial charge in [-0.05, 0) is 42.4 Å².